The van der Waals surface area contributed by atoms with Gasteiger partial charge in [-0.15, -0.1) is 11.8 Å². The number of aliphatic hydroxyl groups excluding tert-OH is 3. The molecule has 29 nitrogen and oxygen atoms in total. The Morgan fingerprint density at radius 1 is 0.911 bits per heavy atom. The second-order valence-electron chi connectivity index (χ2n) is 27.7. The number of methoxy groups -OCH3 is 1. The number of carbonyl (C=O) groups excluding carboxylic acids is 7. The van der Waals surface area contributed by atoms with E-state index in [1.54, 1.807) is 79.7 Å². The van der Waals surface area contributed by atoms with Crippen molar-refractivity contribution in [3.63, 3.8) is 0 Å². The van der Waals surface area contributed by atoms with E-state index >= 15 is 0 Å². The number of anilines is 1. The van der Waals surface area contributed by atoms with Crippen molar-refractivity contribution in [3.05, 3.63) is 99.6 Å². The van der Waals surface area contributed by atoms with E-state index in [1.165, 1.54) is 74.2 Å². The number of β-lactam (4-membered cyclic amide) rings is 2. The maximum Gasteiger partial charge on any atom is 1.00 e. The molecule has 1 spiro atoms. The van der Waals surface area contributed by atoms with E-state index in [0.29, 0.717) is 37.4 Å². The summed E-state index contributed by atoms with van der Waals surface area (Å²) in [5.41, 5.74) is 5.84. The van der Waals surface area contributed by atoms with Gasteiger partial charge in [0.15, 0.2) is 17.6 Å². The number of aliphatic hydroxyl groups is 3. The number of nitrogens with zero attached hydrogens (tertiary/aromatic N) is 5. The quantitative estimate of drug-likeness (QED) is 0.0522. The Morgan fingerprint density at radius 2 is 1.55 bits per heavy atom. The van der Waals surface area contributed by atoms with Crippen LogP contribution in [0.1, 0.15) is 123 Å². The molecule has 4 amide bonds. The fraction of sp³-hybridized carbons (Fsp3) is 0.543. The SMILES string of the molecule is CC1(C)S[C@@H]2[C@H](NC(=O)[C@H](N)c3ccc(O)cc3)C(=O)N2[C@H]1C(=O)O.CO[C@H]1/C=C\O[C@@]2(C)Oc3c(C)c(O)c4c(O)c(c5c(c4c3C2=O)=NC2(CCN(CC(C)C)CC2)N=5)NC(=O)/C(C)=C/C=C\[C@H](C)[C@H](O)[C@@H](C)[C@@H](O)[C@H](C)[C@@H](OC(C)=O)[C@@H]1C.O=C([O-])[C@H]1/C(=C/CO)O[C@@H]2CC(=O)N21.[K+]. The maximum atomic E-state index is 14.7. The topological polar surface area (TPSA) is 432 Å². The van der Waals surface area contributed by atoms with Gasteiger partial charge in [-0.1, -0.05) is 71.9 Å². The number of phenolic OH excluding ortho intramolecular Hbond substituents is 3. The molecule has 0 saturated carbocycles. The number of fused-ring (bicyclic) bond motifs is 3. The molecule has 0 radical (unpaired) electrons. The third kappa shape index (κ3) is 15.8. The zero-order chi connectivity index (χ0) is 73.7. The molecular weight excluding hydrogens is 1360 g/mol. The molecule has 11 rings (SSSR count). The number of esters is 1. The van der Waals surface area contributed by atoms with Crippen LogP contribution in [0.2, 0.25) is 0 Å². The van der Waals surface area contributed by atoms with Gasteiger partial charge in [-0.05, 0) is 63.5 Å². The molecule has 0 unspecified atom stereocenters. The minimum absolute atomic E-state index is 0. The number of Topliss-reactive ketones (excluding diaryl/α,β-unsaturated/α-hetero) is 1. The number of carbonyl (C=O) groups is 8. The van der Waals surface area contributed by atoms with Crippen molar-refractivity contribution in [2.45, 2.75) is 179 Å². The molecule has 8 aliphatic rings. The van der Waals surface area contributed by atoms with Gasteiger partial charge in [0, 0.05) is 98.4 Å². The van der Waals surface area contributed by atoms with Crippen molar-refractivity contribution >= 4 is 75.5 Å². The molecule has 5 fully saturated rings. The zero-order valence-electron chi connectivity index (χ0n) is 59.0. The molecule has 8 heterocycles. The van der Waals surface area contributed by atoms with E-state index in [0.717, 1.165) is 11.4 Å². The molecule has 8 aliphatic heterocycles. The number of carboxylic acids is 2. The first kappa shape index (κ1) is 79.7. The van der Waals surface area contributed by atoms with E-state index in [2.05, 4.69) is 29.4 Å². The third-order valence-corrected chi connectivity index (χ3v) is 21.3. The predicted octanol–water partition coefficient (Wildman–Crippen LogP) is -0.653. The summed E-state index contributed by atoms with van der Waals surface area (Å²) in [4.78, 5) is 114. The average molecular weight is 1450 g/mol. The number of hydrogen-bond donors (Lipinski definition) is 10. The number of aliphatic carboxylic acids is 2. The molecule has 31 heteroatoms. The van der Waals surface area contributed by atoms with Gasteiger partial charge in [0.2, 0.25) is 17.7 Å². The van der Waals surface area contributed by atoms with E-state index in [4.69, 9.17) is 44.5 Å². The first-order chi connectivity index (χ1) is 46.9. The van der Waals surface area contributed by atoms with Gasteiger partial charge in [0.25, 0.3) is 11.7 Å². The number of nitrogens with one attached hydrogen (secondary N) is 2. The van der Waals surface area contributed by atoms with Crippen LogP contribution in [-0.4, -0.2) is 201 Å². The van der Waals surface area contributed by atoms with Gasteiger partial charge in [-0.3, -0.25) is 43.7 Å². The Balaban J connectivity index is 0.000000261. The molecule has 3 aromatic carbocycles. The number of benzene rings is 3. The van der Waals surface area contributed by atoms with Gasteiger partial charge in [0.1, 0.15) is 69.7 Å². The van der Waals surface area contributed by atoms with Crippen LogP contribution in [0.15, 0.2) is 82.2 Å². The smallest absolute Gasteiger partial charge is 0.547 e. The van der Waals surface area contributed by atoms with Gasteiger partial charge in [0.05, 0.1) is 59.9 Å². The van der Waals surface area contributed by atoms with Gasteiger partial charge < -0.3 is 95.5 Å². The van der Waals surface area contributed by atoms with E-state index in [1.807, 2.05) is 0 Å². The molecule has 101 heavy (non-hydrogen) atoms. The Kier molecular flexibility index (Phi) is 24.9. The number of phenols is 3. The fourth-order valence-corrected chi connectivity index (χ4v) is 15.7. The summed E-state index contributed by atoms with van der Waals surface area (Å²) >= 11 is 1.35. The number of allylic oxidation sites excluding steroid dienone is 2. The van der Waals surface area contributed by atoms with Crippen molar-refractivity contribution in [1.29, 1.82) is 0 Å². The summed E-state index contributed by atoms with van der Waals surface area (Å²) in [6, 6.07) is 2.03. The molecule has 4 bridgehead atoms. The van der Waals surface area contributed by atoms with Crippen LogP contribution >= 0.6 is 11.8 Å². The largest absolute Gasteiger partial charge is 1.00 e. The number of carboxylic acid groups (broad SMARTS) is 2. The van der Waals surface area contributed by atoms with E-state index in [-0.39, 0.29) is 137 Å². The summed E-state index contributed by atoms with van der Waals surface area (Å²) in [7, 11) is 1.47. The Bertz CT molecular complexity index is 4030. The van der Waals surface area contributed by atoms with E-state index < -0.39 is 147 Å². The number of ketones is 1. The Morgan fingerprint density at radius 3 is 2.14 bits per heavy atom. The van der Waals surface area contributed by atoms with Crippen LogP contribution in [0.5, 0.6) is 23.0 Å². The van der Waals surface area contributed by atoms with Crippen molar-refractivity contribution in [3.8, 4) is 23.0 Å². The van der Waals surface area contributed by atoms with Crippen LogP contribution in [0.3, 0.4) is 0 Å². The molecular formula is C70H89KN8O21S. The summed E-state index contributed by atoms with van der Waals surface area (Å²) in [6.07, 6.45) is 5.95. The first-order valence-electron chi connectivity index (χ1n) is 33.1. The number of piperidine rings is 1. The number of aromatic hydroxyl groups is 3. The molecule has 0 aromatic heterocycles. The van der Waals surface area contributed by atoms with Crippen molar-refractivity contribution in [2.75, 3.05) is 38.7 Å². The fourth-order valence-electron chi connectivity index (χ4n) is 14.1. The summed E-state index contributed by atoms with van der Waals surface area (Å²) in [5.74, 6) is -9.96. The van der Waals surface area contributed by atoms with E-state index in [9.17, 15) is 74.1 Å². The normalized spacial score (nSPS) is 31.2. The number of thioether (sulfide) groups is 1. The molecule has 15 atom stereocenters. The number of likely N-dealkylation sites (tertiary alicyclic amines) is 1. The summed E-state index contributed by atoms with van der Waals surface area (Å²) < 4.78 is 28.5. The second-order valence-corrected chi connectivity index (χ2v) is 29.5. The minimum atomic E-state index is -1.96. The van der Waals surface area contributed by atoms with Crippen LogP contribution in [0.25, 0.3) is 10.8 Å². The zero-order valence-corrected chi connectivity index (χ0v) is 62.9. The second kappa shape index (κ2) is 31.5. The summed E-state index contributed by atoms with van der Waals surface area (Å²) in [5, 5.41) is 90.4. The predicted molar refractivity (Wildman–Crippen MR) is 359 cm³/mol. The average Bonchev–Trinajstić information content (AvgIpc) is 1.58. The molecule has 0 aliphatic carbocycles. The molecule has 3 aromatic rings. The van der Waals surface area contributed by atoms with Crippen molar-refractivity contribution in [2.24, 2.45) is 45.3 Å². The maximum absolute atomic E-state index is 14.7. The molecule has 542 valence electrons. The van der Waals surface area contributed by atoms with Gasteiger partial charge in [-0.2, -0.15) is 0 Å². The van der Waals surface area contributed by atoms with Crippen LogP contribution in [0, 0.1) is 36.5 Å². The Hall–Kier alpha value is -7.01. The van der Waals surface area contributed by atoms with Crippen LogP contribution < -0.4 is 88.3 Å². The number of rotatable bonds is 10. The standard InChI is InChI=1S/C46H62N4O11.C16H19N3O5S.C8H9NO5.K/c1-22(2)21-50-18-16-46(17-19-50)48-34-31-32-39(54)28(8)42-33(31)43(56)45(10,61-42)59-20-15-30(58-11)25(5)41(60-29(9)51)27(7)38(53)26(6)37(52)23(3)13-12-14-24(4)44(57)47-36(40(32)55)35(34)49-46;1-16(2)11(15(23)24)19-13(22)10(14(19)25-16)18-12(21)9(17)7-3-5-8(20)6-4-7;10-2-1-4-7(8(12)13)9-5(11)3-6(9)14-4;/h12-15,20,22-23,25-27,30,37-38,41,52-55H,16-19,21H2,1-11H3,(H,47,57);3-6,9-11,14,20H,17H2,1-2H3,(H,18,21)(H,23,24);1,6-7,10H,2-3H2,(H,12,13);/q;;;+1/p-1/b13-12-,20-15-,24-14+;;4-1-;/t23-,25+,26+,27-,30-,37-,38+,41-,45-;9-,10-,11+,14-;6-,7-;/m011./s1. The number of ether oxygens (including phenoxy) is 5. The minimum Gasteiger partial charge on any atom is -0.547 e. The third-order valence-electron chi connectivity index (χ3n) is 19.7. The monoisotopic (exact) mass is 1450 g/mol. The number of nitrogens with two attached hydrogens (primary N) is 1. The van der Waals surface area contributed by atoms with Gasteiger partial charge >= 0.3 is 69.1 Å². The van der Waals surface area contributed by atoms with Crippen LogP contribution in [-0.2, 0) is 52.5 Å². The molecule has 11 N–H and O–H groups in total. The van der Waals surface area contributed by atoms with Crippen molar-refractivity contribution < 1.29 is 154 Å². The van der Waals surface area contributed by atoms with Gasteiger partial charge in [-0.25, -0.2) is 4.79 Å². The number of hydrogen-bond acceptors (Lipinski definition) is 25. The summed E-state index contributed by atoms with van der Waals surface area (Å²) in [6.45, 7) is 22.7. The first-order valence-corrected chi connectivity index (χ1v) is 34.0. The van der Waals surface area contributed by atoms with Crippen LogP contribution in [0.4, 0.5) is 5.69 Å². The molecule has 5 saturated heterocycles. The number of amides is 4. The van der Waals surface area contributed by atoms with Crippen molar-refractivity contribution in [1.82, 2.24) is 20.0 Å². The Labute approximate surface area is 630 Å².